The van der Waals surface area contributed by atoms with E-state index in [9.17, 15) is 8.78 Å². The predicted octanol–water partition coefficient (Wildman–Crippen LogP) is 4.41. The minimum absolute atomic E-state index is 0.0251. The van der Waals surface area contributed by atoms with E-state index in [0.717, 1.165) is 24.2 Å². The van der Waals surface area contributed by atoms with Crippen LogP contribution in [0.1, 0.15) is 30.6 Å². The van der Waals surface area contributed by atoms with E-state index in [4.69, 9.17) is 0 Å². The third-order valence-electron chi connectivity index (χ3n) is 3.17. The van der Waals surface area contributed by atoms with E-state index < -0.39 is 0 Å². The second kappa shape index (κ2) is 7.61. The molecule has 1 N–H and O–H groups in total. The Hall–Kier alpha value is -1.33. The lowest BCUT2D eigenvalue weighted by Crippen LogP contribution is -2.25. The number of rotatable bonds is 6. The summed E-state index contributed by atoms with van der Waals surface area (Å²) in [6.45, 7) is 2.92. The number of hydrogen-bond donors (Lipinski definition) is 1. The first-order valence-corrected chi connectivity index (χ1v) is 7.68. The highest BCUT2D eigenvalue weighted by molar-refractivity contribution is 9.10. The smallest absolute Gasteiger partial charge is 0.141 e. The maximum atomic E-state index is 13.3. The molecule has 1 unspecified atom stereocenters. The number of benzene rings is 1. The summed E-state index contributed by atoms with van der Waals surface area (Å²) in [7, 11) is 0. The summed E-state index contributed by atoms with van der Waals surface area (Å²) >= 11 is 3.19. The average molecular weight is 355 g/mol. The van der Waals surface area contributed by atoms with Crippen molar-refractivity contribution < 1.29 is 8.78 Å². The van der Waals surface area contributed by atoms with Gasteiger partial charge in [-0.15, -0.1) is 0 Å². The van der Waals surface area contributed by atoms with Gasteiger partial charge in [0, 0.05) is 0 Å². The van der Waals surface area contributed by atoms with Crippen LogP contribution in [0.3, 0.4) is 0 Å². The zero-order valence-electron chi connectivity index (χ0n) is 11.7. The Kier molecular flexibility index (Phi) is 5.82. The van der Waals surface area contributed by atoms with Gasteiger partial charge in [-0.2, -0.15) is 0 Å². The van der Waals surface area contributed by atoms with Crippen molar-refractivity contribution in [2.24, 2.45) is 0 Å². The molecule has 21 heavy (non-hydrogen) atoms. The molecule has 0 aliphatic rings. The van der Waals surface area contributed by atoms with E-state index in [-0.39, 0.29) is 17.7 Å². The van der Waals surface area contributed by atoms with Crippen molar-refractivity contribution in [1.29, 1.82) is 0 Å². The van der Waals surface area contributed by atoms with E-state index in [1.54, 1.807) is 18.2 Å². The SMILES string of the molecule is CCCNC(Cc1ccc(F)c(Br)c1)c1ccc(F)cn1. The van der Waals surface area contributed by atoms with E-state index in [1.165, 1.54) is 18.3 Å². The number of hydrogen-bond acceptors (Lipinski definition) is 2. The van der Waals surface area contributed by atoms with E-state index in [0.29, 0.717) is 10.9 Å². The van der Waals surface area contributed by atoms with E-state index in [2.05, 4.69) is 33.2 Å². The van der Waals surface area contributed by atoms with Gasteiger partial charge in [0.2, 0.25) is 0 Å². The van der Waals surface area contributed by atoms with Gasteiger partial charge in [-0.3, -0.25) is 4.98 Å². The quantitative estimate of drug-likeness (QED) is 0.831. The van der Waals surface area contributed by atoms with Crippen LogP contribution in [-0.4, -0.2) is 11.5 Å². The normalized spacial score (nSPS) is 12.4. The first kappa shape index (κ1) is 16.0. The summed E-state index contributed by atoms with van der Waals surface area (Å²) in [5.74, 6) is -0.630. The molecule has 0 fully saturated rings. The summed E-state index contributed by atoms with van der Waals surface area (Å²) in [5.41, 5.74) is 1.77. The second-order valence-electron chi connectivity index (χ2n) is 4.86. The topological polar surface area (TPSA) is 24.9 Å². The molecule has 0 saturated heterocycles. The molecule has 0 radical (unpaired) electrons. The van der Waals surface area contributed by atoms with Crippen LogP contribution in [0.4, 0.5) is 8.78 Å². The Balaban J connectivity index is 2.19. The van der Waals surface area contributed by atoms with Crippen LogP contribution in [0.5, 0.6) is 0 Å². The van der Waals surface area contributed by atoms with Crippen LogP contribution in [0.25, 0.3) is 0 Å². The van der Waals surface area contributed by atoms with Gasteiger partial charge in [0.05, 0.1) is 22.4 Å². The lowest BCUT2D eigenvalue weighted by atomic mass is 10.0. The Bertz CT molecular complexity index is 587. The van der Waals surface area contributed by atoms with Gasteiger partial charge < -0.3 is 5.32 Å². The zero-order valence-corrected chi connectivity index (χ0v) is 13.3. The highest BCUT2D eigenvalue weighted by atomic mass is 79.9. The molecule has 112 valence electrons. The zero-order chi connectivity index (χ0) is 15.2. The Morgan fingerprint density at radius 1 is 1.24 bits per heavy atom. The maximum Gasteiger partial charge on any atom is 0.141 e. The molecule has 1 aromatic heterocycles. The summed E-state index contributed by atoms with van der Waals surface area (Å²) in [4.78, 5) is 4.14. The monoisotopic (exact) mass is 354 g/mol. The fourth-order valence-electron chi connectivity index (χ4n) is 2.10. The number of aromatic nitrogens is 1. The fraction of sp³-hybridized carbons (Fsp3) is 0.312. The van der Waals surface area contributed by atoms with Crippen molar-refractivity contribution in [2.45, 2.75) is 25.8 Å². The minimum Gasteiger partial charge on any atom is -0.308 e. The van der Waals surface area contributed by atoms with Crippen molar-refractivity contribution in [3.8, 4) is 0 Å². The summed E-state index contributed by atoms with van der Waals surface area (Å²) in [6, 6.07) is 8.02. The first-order chi connectivity index (χ1) is 10.1. The molecule has 1 atom stereocenters. The highest BCUT2D eigenvalue weighted by Gasteiger charge is 2.14. The Morgan fingerprint density at radius 2 is 2.05 bits per heavy atom. The predicted molar refractivity (Wildman–Crippen MR) is 83.0 cm³/mol. The first-order valence-electron chi connectivity index (χ1n) is 6.89. The summed E-state index contributed by atoms with van der Waals surface area (Å²) in [6.07, 6.45) is 2.87. The van der Waals surface area contributed by atoms with Gasteiger partial charge >= 0.3 is 0 Å². The van der Waals surface area contributed by atoms with Gasteiger partial charge in [0.25, 0.3) is 0 Å². The highest BCUT2D eigenvalue weighted by Crippen LogP contribution is 2.22. The lowest BCUT2D eigenvalue weighted by molar-refractivity contribution is 0.513. The van der Waals surface area contributed by atoms with Crippen LogP contribution in [-0.2, 0) is 6.42 Å². The maximum absolute atomic E-state index is 13.3. The molecule has 5 heteroatoms. The third-order valence-corrected chi connectivity index (χ3v) is 3.78. The average Bonchev–Trinajstić information content (AvgIpc) is 2.48. The lowest BCUT2D eigenvalue weighted by Gasteiger charge is -2.18. The molecule has 2 aromatic rings. The fourth-order valence-corrected chi connectivity index (χ4v) is 2.52. The standard InChI is InChI=1S/C16H17BrF2N2/c1-2-7-20-16(15-6-4-12(18)10-21-15)9-11-3-5-14(19)13(17)8-11/h3-6,8,10,16,20H,2,7,9H2,1H3. The molecule has 2 nitrogen and oxygen atoms in total. The molecule has 2 rings (SSSR count). The van der Waals surface area contributed by atoms with Crippen molar-refractivity contribution in [3.63, 3.8) is 0 Å². The largest absolute Gasteiger partial charge is 0.308 e. The minimum atomic E-state index is -0.350. The van der Waals surface area contributed by atoms with E-state index in [1.807, 2.05) is 0 Å². The van der Waals surface area contributed by atoms with Gasteiger partial charge in [-0.05, 0) is 65.1 Å². The van der Waals surface area contributed by atoms with E-state index >= 15 is 0 Å². The van der Waals surface area contributed by atoms with Gasteiger partial charge in [-0.25, -0.2) is 8.78 Å². The Morgan fingerprint density at radius 3 is 2.67 bits per heavy atom. The molecule has 0 amide bonds. The molecular formula is C16H17BrF2N2. The van der Waals surface area contributed by atoms with Crippen molar-refractivity contribution in [2.75, 3.05) is 6.54 Å². The van der Waals surface area contributed by atoms with Crippen molar-refractivity contribution in [3.05, 3.63) is 63.9 Å². The van der Waals surface area contributed by atoms with Gasteiger partial charge in [0.1, 0.15) is 11.6 Å². The molecule has 0 aliphatic carbocycles. The second-order valence-corrected chi connectivity index (χ2v) is 5.71. The van der Waals surface area contributed by atoms with Crippen LogP contribution in [0.15, 0.2) is 41.0 Å². The van der Waals surface area contributed by atoms with Gasteiger partial charge in [-0.1, -0.05) is 13.0 Å². The van der Waals surface area contributed by atoms with Crippen LogP contribution in [0, 0.1) is 11.6 Å². The number of nitrogens with one attached hydrogen (secondary N) is 1. The molecule has 1 aromatic carbocycles. The number of nitrogens with zero attached hydrogens (tertiary/aromatic N) is 1. The van der Waals surface area contributed by atoms with Crippen LogP contribution < -0.4 is 5.32 Å². The molecule has 1 heterocycles. The molecule has 0 aliphatic heterocycles. The molecular weight excluding hydrogens is 338 g/mol. The molecule has 0 saturated carbocycles. The van der Waals surface area contributed by atoms with Crippen molar-refractivity contribution >= 4 is 15.9 Å². The molecule has 0 spiro atoms. The van der Waals surface area contributed by atoms with Crippen LogP contribution >= 0.6 is 15.9 Å². The summed E-state index contributed by atoms with van der Waals surface area (Å²) < 4.78 is 26.7. The van der Waals surface area contributed by atoms with Crippen LogP contribution in [0.2, 0.25) is 0 Å². The van der Waals surface area contributed by atoms with Gasteiger partial charge in [0.15, 0.2) is 0 Å². The van der Waals surface area contributed by atoms with Crippen molar-refractivity contribution in [1.82, 2.24) is 10.3 Å². The number of pyridine rings is 1. The number of halogens is 3. The third kappa shape index (κ3) is 4.58. The summed E-state index contributed by atoms with van der Waals surface area (Å²) in [5, 5.41) is 3.39. The molecule has 0 bridgehead atoms. The Labute approximate surface area is 131 Å².